The molecule has 1 saturated heterocycles. The lowest BCUT2D eigenvalue weighted by Crippen LogP contribution is -2.46. The molecule has 0 spiro atoms. The fraction of sp³-hybridized carbons (Fsp3) is 0.435. The number of nitrogens with zero attached hydrogens (tertiary/aromatic N) is 2. The van der Waals surface area contributed by atoms with Crippen LogP contribution in [0.4, 0.5) is 0 Å². The minimum atomic E-state index is -1.17. The number of thiophene rings is 1. The van der Waals surface area contributed by atoms with Gasteiger partial charge in [0, 0.05) is 37.4 Å². The molecule has 3 amide bonds. The quantitative estimate of drug-likeness (QED) is 0.575. The van der Waals surface area contributed by atoms with E-state index in [2.05, 4.69) is 0 Å². The summed E-state index contributed by atoms with van der Waals surface area (Å²) in [6.07, 6.45) is -0.0341. The molecule has 1 aliphatic heterocycles. The van der Waals surface area contributed by atoms with Gasteiger partial charge in [0.1, 0.15) is 0 Å². The molecule has 1 fully saturated rings. The average Bonchev–Trinajstić information content (AvgIpc) is 3.32. The minimum Gasteiger partial charge on any atom is -0.383 e. The first-order chi connectivity index (χ1) is 14.4. The van der Waals surface area contributed by atoms with Gasteiger partial charge < -0.3 is 9.64 Å². The van der Waals surface area contributed by atoms with Crippen LogP contribution in [0.2, 0.25) is 0 Å². The number of imide groups is 1. The number of ether oxygens (including phenoxy) is 1. The van der Waals surface area contributed by atoms with Gasteiger partial charge in [0.05, 0.1) is 18.6 Å². The van der Waals surface area contributed by atoms with E-state index in [4.69, 9.17) is 4.74 Å². The monoisotopic (exact) mass is 428 g/mol. The van der Waals surface area contributed by atoms with Crippen LogP contribution in [-0.2, 0) is 31.1 Å². The van der Waals surface area contributed by atoms with Gasteiger partial charge in [0.2, 0.25) is 17.7 Å². The number of carbonyl (C=O) groups is 3. The van der Waals surface area contributed by atoms with Crippen molar-refractivity contribution in [3.8, 4) is 0 Å². The second kappa shape index (κ2) is 9.53. The van der Waals surface area contributed by atoms with Gasteiger partial charge in [0.15, 0.2) is 0 Å². The molecule has 0 bridgehead atoms. The van der Waals surface area contributed by atoms with Crippen molar-refractivity contribution < 1.29 is 19.1 Å². The Morgan fingerprint density at radius 1 is 1.20 bits per heavy atom. The normalized spacial score (nSPS) is 19.0. The van der Waals surface area contributed by atoms with E-state index < -0.39 is 5.41 Å². The highest BCUT2D eigenvalue weighted by Gasteiger charge is 2.54. The number of carbonyl (C=O) groups excluding carboxylic acids is 3. The molecule has 30 heavy (non-hydrogen) atoms. The zero-order valence-electron chi connectivity index (χ0n) is 17.7. The largest absolute Gasteiger partial charge is 0.383 e. The van der Waals surface area contributed by atoms with Crippen LogP contribution in [0.25, 0.3) is 0 Å². The van der Waals surface area contributed by atoms with Crippen molar-refractivity contribution in [3.05, 3.63) is 58.3 Å². The molecular formula is C23H28N2O4S. The standard InChI is InChI=1S/C23H28N2O4S/c1-17(2)24(11-12-29-3)20(26)14-23(18-8-5-4-6-9-18)15-21(27)25(22(23)28)16-19-10-7-13-30-19/h4-10,13,17H,11-12,14-16H2,1-3H3/t23-/m0/s1. The molecule has 1 aliphatic rings. The Hall–Kier alpha value is -2.51. The molecule has 0 unspecified atom stereocenters. The van der Waals surface area contributed by atoms with Crippen LogP contribution >= 0.6 is 11.3 Å². The van der Waals surface area contributed by atoms with E-state index in [0.717, 1.165) is 4.88 Å². The minimum absolute atomic E-state index is 0.00315. The Balaban J connectivity index is 1.94. The van der Waals surface area contributed by atoms with Gasteiger partial charge >= 0.3 is 0 Å². The highest BCUT2D eigenvalue weighted by Crippen LogP contribution is 2.41. The van der Waals surface area contributed by atoms with Crippen molar-refractivity contribution in [2.24, 2.45) is 0 Å². The highest BCUT2D eigenvalue weighted by atomic mass is 32.1. The molecule has 160 valence electrons. The lowest BCUT2D eigenvalue weighted by atomic mass is 9.75. The van der Waals surface area contributed by atoms with E-state index in [1.165, 1.54) is 16.2 Å². The maximum atomic E-state index is 13.6. The summed E-state index contributed by atoms with van der Waals surface area (Å²) in [7, 11) is 1.59. The summed E-state index contributed by atoms with van der Waals surface area (Å²) in [5, 5.41) is 1.92. The number of hydrogen-bond donors (Lipinski definition) is 0. The third-order valence-electron chi connectivity index (χ3n) is 5.56. The molecule has 2 heterocycles. The van der Waals surface area contributed by atoms with Crippen LogP contribution in [-0.4, -0.2) is 53.8 Å². The van der Waals surface area contributed by atoms with Gasteiger partial charge in [-0.25, -0.2) is 0 Å². The molecule has 0 N–H and O–H groups in total. The SMILES string of the molecule is COCCN(C(=O)C[C@@]1(c2ccccc2)CC(=O)N(Cc2cccs2)C1=O)C(C)C. The van der Waals surface area contributed by atoms with Gasteiger partial charge in [-0.1, -0.05) is 36.4 Å². The second-order valence-corrected chi connectivity index (χ2v) is 8.87. The number of likely N-dealkylation sites (tertiary alicyclic amines) is 1. The fourth-order valence-corrected chi connectivity index (χ4v) is 4.65. The molecule has 0 saturated carbocycles. The molecule has 1 aromatic heterocycles. The summed E-state index contributed by atoms with van der Waals surface area (Å²) in [4.78, 5) is 43.8. The van der Waals surface area contributed by atoms with Crippen LogP contribution in [0.1, 0.15) is 37.1 Å². The zero-order valence-corrected chi connectivity index (χ0v) is 18.5. The molecule has 3 rings (SSSR count). The fourth-order valence-electron chi connectivity index (χ4n) is 3.96. The first kappa shape index (κ1) is 22.2. The summed E-state index contributed by atoms with van der Waals surface area (Å²) >= 11 is 1.51. The van der Waals surface area contributed by atoms with E-state index >= 15 is 0 Å². The zero-order chi connectivity index (χ0) is 21.7. The van der Waals surface area contributed by atoms with Crippen molar-refractivity contribution in [2.75, 3.05) is 20.3 Å². The summed E-state index contributed by atoms with van der Waals surface area (Å²) in [6, 6.07) is 13.0. The smallest absolute Gasteiger partial charge is 0.241 e. The Morgan fingerprint density at radius 2 is 1.93 bits per heavy atom. The maximum Gasteiger partial charge on any atom is 0.241 e. The van der Waals surface area contributed by atoms with Crippen molar-refractivity contribution >= 4 is 29.1 Å². The number of benzene rings is 1. The molecule has 1 atom stereocenters. The maximum absolute atomic E-state index is 13.6. The van der Waals surface area contributed by atoms with Crippen LogP contribution < -0.4 is 0 Å². The predicted molar refractivity (Wildman–Crippen MR) is 116 cm³/mol. The van der Waals surface area contributed by atoms with Crippen molar-refractivity contribution in [3.63, 3.8) is 0 Å². The van der Waals surface area contributed by atoms with Crippen LogP contribution in [0.5, 0.6) is 0 Å². The van der Waals surface area contributed by atoms with Gasteiger partial charge in [-0.3, -0.25) is 19.3 Å². The average molecular weight is 429 g/mol. The molecule has 7 heteroatoms. The molecule has 0 aliphatic carbocycles. The lowest BCUT2D eigenvalue weighted by molar-refractivity contribution is -0.143. The number of amides is 3. The van der Waals surface area contributed by atoms with Crippen LogP contribution in [0.3, 0.4) is 0 Å². The Morgan fingerprint density at radius 3 is 2.53 bits per heavy atom. The molecule has 1 aromatic carbocycles. The van der Waals surface area contributed by atoms with Gasteiger partial charge in [-0.05, 0) is 30.9 Å². The van der Waals surface area contributed by atoms with E-state index in [1.54, 1.807) is 12.0 Å². The summed E-state index contributed by atoms with van der Waals surface area (Å²) in [5.74, 6) is -0.682. The van der Waals surface area contributed by atoms with Crippen LogP contribution in [0, 0.1) is 0 Å². The Labute approximate surface area is 181 Å². The lowest BCUT2D eigenvalue weighted by Gasteiger charge is -2.32. The van der Waals surface area contributed by atoms with Gasteiger partial charge in [-0.2, -0.15) is 0 Å². The second-order valence-electron chi connectivity index (χ2n) is 7.84. The predicted octanol–water partition coefficient (Wildman–Crippen LogP) is 3.22. The van der Waals surface area contributed by atoms with Crippen molar-refractivity contribution in [2.45, 2.75) is 44.7 Å². The van der Waals surface area contributed by atoms with Gasteiger partial charge in [-0.15, -0.1) is 11.3 Å². The summed E-state index contributed by atoms with van der Waals surface area (Å²) in [6.45, 7) is 4.98. The number of methoxy groups -OCH3 is 1. The molecule has 0 radical (unpaired) electrons. The van der Waals surface area contributed by atoms with E-state index in [0.29, 0.717) is 18.7 Å². The Kier molecular flexibility index (Phi) is 7.05. The van der Waals surface area contributed by atoms with E-state index in [-0.39, 0.29) is 43.1 Å². The molecular weight excluding hydrogens is 400 g/mol. The van der Waals surface area contributed by atoms with Gasteiger partial charge in [0.25, 0.3) is 0 Å². The van der Waals surface area contributed by atoms with E-state index in [1.807, 2.05) is 61.7 Å². The molecule has 6 nitrogen and oxygen atoms in total. The molecule has 2 aromatic rings. The number of rotatable bonds is 9. The highest BCUT2D eigenvalue weighted by molar-refractivity contribution is 7.09. The number of hydrogen-bond acceptors (Lipinski definition) is 5. The van der Waals surface area contributed by atoms with E-state index in [9.17, 15) is 14.4 Å². The third kappa shape index (κ3) is 4.47. The topological polar surface area (TPSA) is 66.9 Å². The summed E-state index contributed by atoms with van der Waals surface area (Å²) < 4.78 is 5.14. The van der Waals surface area contributed by atoms with Crippen molar-refractivity contribution in [1.29, 1.82) is 0 Å². The Bertz CT molecular complexity index is 882. The first-order valence-electron chi connectivity index (χ1n) is 10.1. The first-order valence-corrected chi connectivity index (χ1v) is 11.0. The van der Waals surface area contributed by atoms with Crippen molar-refractivity contribution in [1.82, 2.24) is 9.80 Å². The summed E-state index contributed by atoms with van der Waals surface area (Å²) in [5.41, 5.74) is -0.465. The third-order valence-corrected chi connectivity index (χ3v) is 6.42. The van der Waals surface area contributed by atoms with Crippen LogP contribution in [0.15, 0.2) is 47.8 Å².